The van der Waals surface area contributed by atoms with Crippen LogP contribution in [0.3, 0.4) is 0 Å². The van der Waals surface area contributed by atoms with Gasteiger partial charge < -0.3 is 10.1 Å². The van der Waals surface area contributed by atoms with Gasteiger partial charge in [0.15, 0.2) is 0 Å². The van der Waals surface area contributed by atoms with Crippen molar-refractivity contribution >= 4 is 33.5 Å². The van der Waals surface area contributed by atoms with Crippen LogP contribution in [-0.4, -0.2) is 12.8 Å². The molecule has 33 heavy (non-hydrogen) atoms. The Morgan fingerprint density at radius 3 is 2.79 bits per heavy atom. The topological polar surface area (TPSA) is 33.6 Å². The molecule has 3 aromatic rings. The SMILES string of the molecule is C=CCOc1ccc(Br)cc1C=Nc1ccc([C@@H]2Nc3ccc(C)cc3[C@H]3C=CC[C@H]32)cc1. The first kappa shape index (κ1) is 21.7. The lowest BCUT2D eigenvalue weighted by atomic mass is 9.76. The van der Waals surface area contributed by atoms with Gasteiger partial charge in [0, 0.05) is 27.9 Å². The van der Waals surface area contributed by atoms with E-state index in [9.17, 15) is 0 Å². The predicted molar refractivity (Wildman–Crippen MR) is 141 cm³/mol. The quantitative estimate of drug-likeness (QED) is 0.276. The number of aliphatic imine (C=N–C) groups is 1. The first-order valence-electron chi connectivity index (χ1n) is 11.3. The average molecular weight is 499 g/mol. The van der Waals surface area contributed by atoms with Crippen molar-refractivity contribution in [2.45, 2.75) is 25.3 Å². The van der Waals surface area contributed by atoms with Crippen LogP contribution in [0.15, 0.2) is 94.9 Å². The molecule has 0 radical (unpaired) electrons. The van der Waals surface area contributed by atoms with E-state index in [1.54, 1.807) is 6.08 Å². The zero-order valence-corrected chi connectivity index (χ0v) is 20.3. The zero-order valence-electron chi connectivity index (χ0n) is 18.7. The summed E-state index contributed by atoms with van der Waals surface area (Å²) < 4.78 is 6.75. The molecule has 0 spiro atoms. The molecule has 3 aromatic carbocycles. The minimum absolute atomic E-state index is 0.294. The summed E-state index contributed by atoms with van der Waals surface area (Å²) in [5.74, 6) is 1.81. The Kier molecular flexibility index (Phi) is 6.19. The van der Waals surface area contributed by atoms with E-state index >= 15 is 0 Å². The fourth-order valence-electron chi connectivity index (χ4n) is 4.86. The van der Waals surface area contributed by atoms with Crippen molar-refractivity contribution in [2.75, 3.05) is 11.9 Å². The molecule has 0 saturated heterocycles. The van der Waals surface area contributed by atoms with Crippen LogP contribution in [0.4, 0.5) is 11.4 Å². The van der Waals surface area contributed by atoms with Crippen molar-refractivity contribution in [1.29, 1.82) is 0 Å². The second-order valence-electron chi connectivity index (χ2n) is 8.70. The lowest BCUT2D eigenvalue weighted by Crippen LogP contribution is -2.29. The molecule has 5 rings (SSSR count). The number of hydrogen-bond donors (Lipinski definition) is 1. The monoisotopic (exact) mass is 498 g/mol. The van der Waals surface area contributed by atoms with Gasteiger partial charge in [-0.3, -0.25) is 4.99 Å². The van der Waals surface area contributed by atoms with E-state index in [0.717, 1.165) is 27.9 Å². The third kappa shape index (κ3) is 4.53. The van der Waals surface area contributed by atoms with Crippen molar-refractivity contribution in [1.82, 2.24) is 0 Å². The van der Waals surface area contributed by atoms with Crippen LogP contribution >= 0.6 is 15.9 Å². The highest BCUT2D eigenvalue weighted by molar-refractivity contribution is 9.10. The van der Waals surface area contributed by atoms with Gasteiger partial charge in [-0.15, -0.1) is 0 Å². The minimum atomic E-state index is 0.294. The second-order valence-corrected chi connectivity index (χ2v) is 9.61. The normalized spacial score (nSPS) is 20.8. The lowest BCUT2D eigenvalue weighted by Gasteiger charge is -2.37. The summed E-state index contributed by atoms with van der Waals surface area (Å²) >= 11 is 3.53. The molecular formula is C29H27BrN2O. The number of rotatable bonds is 6. The number of aryl methyl sites for hydroxylation is 1. The van der Waals surface area contributed by atoms with Gasteiger partial charge in [0.25, 0.3) is 0 Å². The number of hydrogen-bond acceptors (Lipinski definition) is 3. The van der Waals surface area contributed by atoms with Gasteiger partial charge >= 0.3 is 0 Å². The van der Waals surface area contributed by atoms with Gasteiger partial charge in [0.2, 0.25) is 0 Å². The highest BCUT2D eigenvalue weighted by Crippen LogP contribution is 2.50. The number of nitrogens with one attached hydrogen (secondary N) is 1. The number of halogens is 1. The molecule has 0 bridgehead atoms. The Morgan fingerprint density at radius 1 is 1.12 bits per heavy atom. The first-order valence-corrected chi connectivity index (χ1v) is 12.1. The van der Waals surface area contributed by atoms with Crippen LogP contribution in [0.1, 0.15) is 40.6 Å². The number of allylic oxidation sites excluding steroid dienone is 2. The summed E-state index contributed by atoms with van der Waals surface area (Å²) in [5, 5.41) is 3.81. The van der Waals surface area contributed by atoms with Crippen LogP contribution in [0, 0.1) is 12.8 Å². The number of fused-ring (bicyclic) bond motifs is 3. The second kappa shape index (κ2) is 9.40. The fraction of sp³-hybridized carbons (Fsp3) is 0.207. The summed E-state index contributed by atoms with van der Waals surface area (Å²) in [7, 11) is 0. The van der Waals surface area contributed by atoms with Crippen molar-refractivity contribution in [2.24, 2.45) is 10.9 Å². The Morgan fingerprint density at radius 2 is 1.97 bits per heavy atom. The molecule has 3 nitrogen and oxygen atoms in total. The van der Waals surface area contributed by atoms with Crippen LogP contribution in [0.5, 0.6) is 5.75 Å². The highest BCUT2D eigenvalue weighted by atomic mass is 79.9. The van der Waals surface area contributed by atoms with Gasteiger partial charge in [-0.05, 0) is 66.8 Å². The lowest BCUT2D eigenvalue weighted by molar-refractivity contribution is 0.362. The molecular weight excluding hydrogens is 472 g/mol. The maximum atomic E-state index is 5.76. The molecule has 0 amide bonds. The van der Waals surface area contributed by atoms with Crippen molar-refractivity contribution in [3.05, 3.63) is 112 Å². The Labute approximate surface area is 204 Å². The van der Waals surface area contributed by atoms with E-state index in [-0.39, 0.29) is 0 Å². The fourth-order valence-corrected chi connectivity index (χ4v) is 5.23. The zero-order chi connectivity index (χ0) is 22.8. The molecule has 1 aliphatic heterocycles. The van der Waals surface area contributed by atoms with Crippen LogP contribution < -0.4 is 10.1 Å². The largest absolute Gasteiger partial charge is 0.489 e. The maximum Gasteiger partial charge on any atom is 0.128 e. The van der Waals surface area contributed by atoms with E-state index in [2.05, 4.69) is 89.4 Å². The molecule has 0 aromatic heterocycles. The highest BCUT2D eigenvalue weighted by Gasteiger charge is 2.37. The Bertz CT molecular complexity index is 1230. The van der Waals surface area contributed by atoms with Crippen LogP contribution in [0.25, 0.3) is 0 Å². The molecule has 1 N–H and O–H groups in total. The molecule has 0 fully saturated rings. The standard InChI is InChI=1S/C29H27BrN2O/c1-3-15-33-28-14-10-22(30)17-21(28)18-31-23-11-8-20(9-12-23)29-25-6-4-5-24(25)26-16-19(2)7-13-27(26)32-29/h3-5,7-14,16-18,24-25,29,32H,1,6,15H2,2H3/t24-,25+,29-/m0/s1. The summed E-state index contributed by atoms with van der Waals surface area (Å²) in [5.41, 5.74) is 7.14. The van der Waals surface area contributed by atoms with Crippen molar-refractivity contribution < 1.29 is 4.74 Å². The molecule has 0 saturated carbocycles. The van der Waals surface area contributed by atoms with Gasteiger partial charge in [0.1, 0.15) is 12.4 Å². The molecule has 1 heterocycles. The smallest absolute Gasteiger partial charge is 0.128 e. The first-order chi connectivity index (χ1) is 16.1. The molecule has 1 aliphatic carbocycles. The molecule has 3 atom stereocenters. The van der Waals surface area contributed by atoms with Crippen LogP contribution in [-0.2, 0) is 0 Å². The van der Waals surface area contributed by atoms with E-state index in [0.29, 0.717) is 24.5 Å². The van der Waals surface area contributed by atoms with E-state index < -0.39 is 0 Å². The molecule has 2 aliphatic rings. The third-order valence-electron chi connectivity index (χ3n) is 6.45. The summed E-state index contributed by atoms with van der Waals surface area (Å²) in [6, 6.07) is 21.6. The Balaban J connectivity index is 1.37. The summed E-state index contributed by atoms with van der Waals surface area (Å²) in [4.78, 5) is 4.70. The summed E-state index contributed by atoms with van der Waals surface area (Å²) in [6.45, 7) is 6.35. The van der Waals surface area contributed by atoms with Crippen molar-refractivity contribution in [3.8, 4) is 5.75 Å². The van der Waals surface area contributed by atoms with Gasteiger partial charge in [-0.2, -0.15) is 0 Å². The number of nitrogens with zero attached hydrogens (tertiary/aromatic N) is 1. The average Bonchev–Trinajstić information content (AvgIpc) is 3.32. The van der Waals surface area contributed by atoms with Crippen LogP contribution in [0.2, 0.25) is 0 Å². The van der Waals surface area contributed by atoms with E-state index in [1.807, 2.05) is 24.4 Å². The van der Waals surface area contributed by atoms with Gasteiger partial charge in [0.05, 0.1) is 11.7 Å². The van der Waals surface area contributed by atoms with Gasteiger partial charge in [-0.25, -0.2) is 0 Å². The maximum absolute atomic E-state index is 5.76. The van der Waals surface area contributed by atoms with E-state index in [4.69, 9.17) is 9.73 Å². The molecule has 4 heteroatoms. The minimum Gasteiger partial charge on any atom is -0.489 e. The van der Waals surface area contributed by atoms with Crippen molar-refractivity contribution in [3.63, 3.8) is 0 Å². The molecule has 166 valence electrons. The summed E-state index contributed by atoms with van der Waals surface area (Å²) in [6.07, 6.45) is 9.42. The van der Waals surface area contributed by atoms with Gasteiger partial charge in [-0.1, -0.05) is 70.6 Å². The predicted octanol–water partition coefficient (Wildman–Crippen LogP) is 7.90. The number of benzene rings is 3. The number of ether oxygens (including phenoxy) is 1. The Hall–Kier alpha value is -3.11. The third-order valence-corrected chi connectivity index (χ3v) is 6.94. The van der Waals surface area contributed by atoms with E-state index in [1.165, 1.54) is 22.4 Å². The number of anilines is 1. The molecule has 0 unspecified atom stereocenters.